The van der Waals surface area contributed by atoms with E-state index in [4.69, 9.17) is 0 Å². The molecule has 88 valence electrons. The largest absolute Gasteiger partial charge is 0.231 e. The topological polar surface area (TPSA) is 25.8 Å². The second kappa shape index (κ2) is 5.41. The predicted octanol–water partition coefficient (Wildman–Crippen LogP) is 3.37. The van der Waals surface area contributed by atoms with Gasteiger partial charge in [0.1, 0.15) is 0 Å². The molecule has 1 aliphatic rings. The molecule has 0 N–H and O–H groups in total. The molecular formula is C12H18N2S2. The van der Waals surface area contributed by atoms with E-state index in [1.165, 1.54) is 25.7 Å². The quantitative estimate of drug-likeness (QED) is 0.507. The van der Waals surface area contributed by atoms with Gasteiger partial charge >= 0.3 is 0 Å². The molecule has 2 rings (SSSR count). The highest BCUT2D eigenvalue weighted by Gasteiger charge is 2.32. The second-order valence-corrected chi connectivity index (χ2v) is 5.96. The van der Waals surface area contributed by atoms with Crippen LogP contribution in [0.2, 0.25) is 0 Å². The molecule has 0 bridgehead atoms. The average Bonchev–Trinajstić information content (AvgIpc) is 2.78. The van der Waals surface area contributed by atoms with E-state index in [9.17, 15) is 0 Å². The number of thiol groups is 1. The fraction of sp³-hybridized carbons (Fsp3) is 0.667. The van der Waals surface area contributed by atoms with Crippen LogP contribution < -0.4 is 0 Å². The van der Waals surface area contributed by atoms with Crippen molar-refractivity contribution < 1.29 is 0 Å². The normalized spacial score (nSPS) is 18.9. The van der Waals surface area contributed by atoms with Crippen molar-refractivity contribution in [1.29, 1.82) is 0 Å². The number of nitrogens with zero attached hydrogens (tertiary/aromatic N) is 2. The minimum atomic E-state index is 0.433. The summed E-state index contributed by atoms with van der Waals surface area (Å²) >= 11 is 6.29. The molecule has 4 heteroatoms. The van der Waals surface area contributed by atoms with Gasteiger partial charge in [-0.2, -0.15) is 12.6 Å². The molecule has 0 spiro atoms. The standard InChI is InChI=1S/C12H18N2S2/c1-10-6-13-11(14-7-10)16-9-12(8-15)4-2-3-5-12/h6-7,15H,2-5,8-9H2,1H3. The molecule has 0 aromatic carbocycles. The maximum Gasteiger partial charge on any atom is 0.187 e. The summed E-state index contributed by atoms with van der Waals surface area (Å²) in [6.07, 6.45) is 9.12. The molecule has 0 radical (unpaired) electrons. The van der Waals surface area contributed by atoms with E-state index in [-0.39, 0.29) is 0 Å². The Morgan fingerprint density at radius 3 is 2.50 bits per heavy atom. The molecule has 1 fully saturated rings. The van der Waals surface area contributed by atoms with Crippen molar-refractivity contribution >= 4 is 24.4 Å². The van der Waals surface area contributed by atoms with Crippen molar-refractivity contribution in [2.75, 3.05) is 11.5 Å². The van der Waals surface area contributed by atoms with Crippen LogP contribution in [-0.2, 0) is 0 Å². The number of aromatic nitrogens is 2. The van der Waals surface area contributed by atoms with E-state index in [0.29, 0.717) is 5.41 Å². The van der Waals surface area contributed by atoms with E-state index >= 15 is 0 Å². The third-order valence-corrected chi connectivity index (χ3v) is 5.16. The van der Waals surface area contributed by atoms with Gasteiger partial charge in [0.2, 0.25) is 0 Å². The Kier molecular flexibility index (Phi) is 4.14. The van der Waals surface area contributed by atoms with Gasteiger partial charge < -0.3 is 0 Å². The molecule has 1 aliphatic carbocycles. The monoisotopic (exact) mass is 254 g/mol. The van der Waals surface area contributed by atoms with E-state index in [1.54, 1.807) is 11.8 Å². The van der Waals surface area contributed by atoms with Crippen LogP contribution >= 0.6 is 24.4 Å². The molecule has 16 heavy (non-hydrogen) atoms. The van der Waals surface area contributed by atoms with Crippen molar-refractivity contribution in [1.82, 2.24) is 9.97 Å². The van der Waals surface area contributed by atoms with Crippen LogP contribution in [0.5, 0.6) is 0 Å². The summed E-state index contributed by atoms with van der Waals surface area (Å²) in [5, 5.41) is 0.902. The van der Waals surface area contributed by atoms with Crippen molar-refractivity contribution in [3.63, 3.8) is 0 Å². The molecule has 0 aliphatic heterocycles. The van der Waals surface area contributed by atoms with Gasteiger partial charge in [-0.05, 0) is 36.5 Å². The summed E-state index contributed by atoms with van der Waals surface area (Å²) in [5.74, 6) is 2.10. The Labute approximate surface area is 107 Å². The third-order valence-electron chi connectivity index (χ3n) is 3.26. The zero-order valence-corrected chi connectivity index (χ0v) is 11.4. The van der Waals surface area contributed by atoms with Crippen LogP contribution in [0, 0.1) is 12.3 Å². The summed E-state index contributed by atoms with van der Waals surface area (Å²) in [7, 11) is 0. The maximum absolute atomic E-state index is 4.51. The first kappa shape index (κ1) is 12.2. The fourth-order valence-corrected chi connectivity index (χ4v) is 3.81. The van der Waals surface area contributed by atoms with Crippen molar-refractivity contribution in [2.45, 2.75) is 37.8 Å². The predicted molar refractivity (Wildman–Crippen MR) is 72.2 cm³/mol. The van der Waals surface area contributed by atoms with Gasteiger partial charge in [0, 0.05) is 18.1 Å². The Morgan fingerprint density at radius 1 is 1.31 bits per heavy atom. The third kappa shape index (κ3) is 2.92. The number of rotatable bonds is 4. The summed E-state index contributed by atoms with van der Waals surface area (Å²) in [6, 6.07) is 0. The lowest BCUT2D eigenvalue weighted by atomic mass is 9.91. The molecule has 1 saturated carbocycles. The lowest BCUT2D eigenvalue weighted by Gasteiger charge is -2.25. The zero-order chi connectivity index (χ0) is 11.4. The molecular weight excluding hydrogens is 236 g/mol. The molecule has 0 atom stereocenters. The minimum Gasteiger partial charge on any atom is -0.231 e. The van der Waals surface area contributed by atoms with Gasteiger partial charge in [-0.3, -0.25) is 0 Å². The Morgan fingerprint density at radius 2 is 1.94 bits per heavy atom. The first-order chi connectivity index (χ1) is 7.74. The van der Waals surface area contributed by atoms with Crippen molar-refractivity contribution in [3.05, 3.63) is 18.0 Å². The fourth-order valence-electron chi connectivity index (χ4n) is 2.15. The first-order valence-corrected chi connectivity index (χ1v) is 7.38. The van der Waals surface area contributed by atoms with E-state index in [2.05, 4.69) is 22.6 Å². The smallest absolute Gasteiger partial charge is 0.187 e. The first-order valence-electron chi connectivity index (χ1n) is 5.76. The minimum absolute atomic E-state index is 0.433. The summed E-state index contributed by atoms with van der Waals surface area (Å²) in [5.41, 5.74) is 1.55. The SMILES string of the molecule is Cc1cnc(SCC2(CS)CCCC2)nc1. The van der Waals surface area contributed by atoms with Gasteiger partial charge in [-0.15, -0.1) is 0 Å². The van der Waals surface area contributed by atoms with Crippen LogP contribution in [-0.4, -0.2) is 21.5 Å². The van der Waals surface area contributed by atoms with Crippen molar-refractivity contribution in [2.24, 2.45) is 5.41 Å². The Balaban J connectivity index is 1.93. The van der Waals surface area contributed by atoms with Gasteiger partial charge in [0.15, 0.2) is 5.16 Å². The highest BCUT2D eigenvalue weighted by molar-refractivity contribution is 7.99. The number of aryl methyl sites for hydroxylation is 1. The van der Waals surface area contributed by atoms with E-state index in [0.717, 1.165) is 22.2 Å². The van der Waals surface area contributed by atoms with Crippen LogP contribution in [0.4, 0.5) is 0 Å². The van der Waals surface area contributed by atoms with Crippen molar-refractivity contribution in [3.8, 4) is 0 Å². The maximum atomic E-state index is 4.51. The van der Waals surface area contributed by atoms with Crippen LogP contribution in [0.3, 0.4) is 0 Å². The van der Waals surface area contributed by atoms with Crippen LogP contribution in [0.1, 0.15) is 31.2 Å². The molecule has 1 aromatic rings. The summed E-state index contributed by atoms with van der Waals surface area (Å²) in [4.78, 5) is 8.66. The summed E-state index contributed by atoms with van der Waals surface area (Å²) in [6.45, 7) is 2.01. The molecule has 0 unspecified atom stereocenters. The second-order valence-electron chi connectivity index (χ2n) is 4.70. The van der Waals surface area contributed by atoms with E-state index in [1.807, 2.05) is 19.3 Å². The van der Waals surface area contributed by atoms with E-state index < -0.39 is 0 Å². The zero-order valence-electron chi connectivity index (χ0n) is 9.65. The number of hydrogen-bond donors (Lipinski definition) is 1. The lowest BCUT2D eigenvalue weighted by molar-refractivity contribution is 0.403. The van der Waals surface area contributed by atoms with Gasteiger partial charge in [-0.25, -0.2) is 9.97 Å². The average molecular weight is 254 g/mol. The lowest BCUT2D eigenvalue weighted by Crippen LogP contribution is -2.21. The highest BCUT2D eigenvalue weighted by atomic mass is 32.2. The molecule has 1 aromatic heterocycles. The Bertz CT molecular complexity index is 331. The Hall–Kier alpha value is -0.220. The molecule has 0 saturated heterocycles. The molecule has 0 amide bonds. The molecule has 1 heterocycles. The van der Waals surface area contributed by atoms with Gasteiger partial charge in [0.25, 0.3) is 0 Å². The highest BCUT2D eigenvalue weighted by Crippen LogP contribution is 2.42. The van der Waals surface area contributed by atoms with Gasteiger partial charge in [0.05, 0.1) is 0 Å². The molecule has 2 nitrogen and oxygen atoms in total. The van der Waals surface area contributed by atoms with Crippen LogP contribution in [0.15, 0.2) is 17.6 Å². The number of hydrogen-bond acceptors (Lipinski definition) is 4. The number of thioether (sulfide) groups is 1. The van der Waals surface area contributed by atoms with Crippen LogP contribution in [0.25, 0.3) is 0 Å². The summed E-state index contributed by atoms with van der Waals surface area (Å²) < 4.78 is 0. The van der Waals surface area contributed by atoms with Gasteiger partial charge in [-0.1, -0.05) is 24.6 Å².